The van der Waals surface area contributed by atoms with Crippen LogP contribution < -0.4 is 4.74 Å². The molecule has 306 valence electrons. The highest BCUT2D eigenvalue weighted by Gasteiger charge is 2.55. The second kappa shape index (κ2) is 19.0. The van der Waals surface area contributed by atoms with Gasteiger partial charge in [-0.1, -0.05) is 12.1 Å². The third kappa shape index (κ3) is 10.0. The summed E-state index contributed by atoms with van der Waals surface area (Å²) in [6, 6.07) is 8.27. The Morgan fingerprint density at radius 2 is 1.42 bits per heavy atom. The molecule has 3 saturated heterocycles. The molecule has 14 atom stereocenters. The Labute approximate surface area is 313 Å². The summed E-state index contributed by atoms with van der Waals surface area (Å²) < 4.78 is 46.0. The molecule has 0 bridgehead atoms. The van der Waals surface area contributed by atoms with Crippen molar-refractivity contribution >= 4 is 12.0 Å². The van der Waals surface area contributed by atoms with Gasteiger partial charge in [0.25, 0.3) is 0 Å². The van der Waals surface area contributed by atoms with Crippen LogP contribution in [0.15, 0.2) is 42.5 Å². The number of hydrogen-bond acceptors (Lipinski definition) is 20. The summed E-state index contributed by atoms with van der Waals surface area (Å²) >= 11 is 0. The number of phenolic OH excluding ortho intramolecular Hbond substituents is 3. The predicted octanol–water partition coefficient (Wildman–Crippen LogP) is -3.28. The van der Waals surface area contributed by atoms with Crippen molar-refractivity contribution in [1.82, 2.24) is 0 Å². The lowest BCUT2D eigenvalue weighted by molar-refractivity contribution is -0.386. The summed E-state index contributed by atoms with van der Waals surface area (Å²) in [5.41, 5.74) is 0.907. The lowest BCUT2D eigenvalue weighted by atomic mass is 9.96. The third-order valence-corrected chi connectivity index (χ3v) is 9.24. The fraction of sp³-hybridized carbons (Fsp3) is 0.571. The molecule has 20 heteroatoms. The molecule has 0 unspecified atom stereocenters. The third-order valence-electron chi connectivity index (χ3n) is 9.24. The van der Waals surface area contributed by atoms with E-state index in [9.17, 15) is 61.0 Å². The minimum Gasteiger partial charge on any atom is -0.504 e. The van der Waals surface area contributed by atoms with Gasteiger partial charge < -0.3 is 94.1 Å². The summed E-state index contributed by atoms with van der Waals surface area (Å²) in [6.45, 7) is -2.38. The molecule has 55 heavy (non-hydrogen) atoms. The molecular formula is C35H46O20. The van der Waals surface area contributed by atoms with Crippen LogP contribution in [-0.2, 0) is 44.4 Å². The fourth-order valence-corrected chi connectivity index (χ4v) is 6.14. The van der Waals surface area contributed by atoms with Crippen LogP contribution in [0.3, 0.4) is 0 Å². The summed E-state index contributed by atoms with van der Waals surface area (Å²) in [5, 5.41) is 113. The number of carbonyl (C=O) groups excluding carboxylic acids is 1. The minimum atomic E-state index is -1.98. The molecular weight excluding hydrogens is 740 g/mol. The average Bonchev–Trinajstić information content (AvgIpc) is 3.17. The van der Waals surface area contributed by atoms with E-state index >= 15 is 0 Å². The van der Waals surface area contributed by atoms with Crippen molar-refractivity contribution < 1.29 is 98.9 Å². The second-order valence-corrected chi connectivity index (χ2v) is 13.0. The van der Waals surface area contributed by atoms with Gasteiger partial charge in [0.1, 0.15) is 61.0 Å². The first-order valence-electron chi connectivity index (χ1n) is 17.2. The van der Waals surface area contributed by atoms with E-state index in [4.69, 9.17) is 37.9 Å². The zero-order chi connectivity index (χ0) is 40.0. The summed E-state index contributed by atoms with van der Waals surface area (Å²) in [4.78, 5) is 13.3. The number of phenols is 3. The van der Waals surface area contributed by atoms with E-state index < -0.39 is 118 Å². The van der Waals surface area contributed by atoms with E-state index in [1.165, 1.54) is 49.6 Å². The highest BCUT2D eigenvalue weighted by Crippen LogP contribution is 2.35. The largest absolute Gasteiger partial charge is 0.504 e. The lowest BCUT2D eigenvalue weighted by Crippen LogP contribution is -2.67. The molecule has 2 aromatic rings. The molecule has 3 fully saturated rings. The van der Waals surface area contributed by atoms with E-state index in [0.29, 0.717) is 11.1 Å². The molecule has 3 heterocycles. The maximum absolute atomic E-state index is 13.3. The quantitative estimate of drug-likeness (QED) is 0.0508. The Hall–Kier alpha value is -3.71. The topological polar surface area (TPSA) is 313 Å². The van der Waals surface area contributed by atoms with Crippen molar-refractivity contribution in [3.05, 3.63) is 53.6 Å². The number of methoxy groups -OCH3 is 1. The highest BCUT2D eigenvalue weighted by molar-refractivity contribution is 5.87. The van der Waals surface area contributed by atoms with Gasteiger partial charge in [0.15, 0.2) is 48.0 Å². The first-order valence-corrected chi connectivity index (χ1v) is 17.2. The SMILES string of the molecule is COc1cc(/C=C/C(=O)O[C@H]2[C@H](O[C@@H]3O[C@H](CO)[C@@H](O)[C@H](O)[C@H]3O)[C@@H](O[C@H]3OC[C@@H](O)[C@@H](O)[C@@H]3O)[C@H](OCCc3ccc(O)c(O)c3)O[C@@H]2CO)ccc1O. The lowest BCUT2D eigenvalue weighted by Gasteiger charge is -2.49. The molecule has 2 aromatic carbocycles. The van der Waals surface area contributed by atoms with Gasteiger partial charge in [0, 0.05) is 6.08 Å². The van der Waals surface area contributed by atoms with Crippen LogP contribution >= 0.6 is 0 Å². The number of rotatable bonds is 14. The number of aliphatic hydroxyl groups excluding tert-OH is 8. The number of hydrogen-bond donors (Lipinski definition) is 11. The number of aromatic hydroxyl groups is 3. The Morgan fingerprint density at radius 1 is 0.745 bits per heavy atom. The average molecular weight is 787 g/mol. The molecule has 3 aliphatic rings. The smallest absolute Gasteiger partial charge is 0.331 e. The van der Waals surface area contributed by atoms with E-state index in [1.54, 1.807) is 0 Å². The molecule has 3 aliphatic heterocycles. The second-order valence-electron chi connectivity index (χ2n) is 13.0. The van der Waals surface area contributed by atoms with Crippen molar-refractivity contribution in [1.29, 1.82) is 0 Å². The van der Waals surface area contributed by atoms with Gasteiger partial charge >= 0.3 is 5.97 Å². The van der Waals surface area contributed by atoms with Gasteiger partial charge in [-0.05, 0) is 47.9 Å². The van der Waals surface area contributed by atoms with Crippen molar-refractivity contribution in [3.8, 4) is 23.0 Å². The van der Waals surface area contributed by atoms with E-state index in [-0.39, 0.29) is 30.3 Å². The van der Waals surface area contributed by atoms with Crippen molar-refractivity contribution in [3.63, 3.8) is 0 Å². The number of ether oxygens (including phenoxy) is 8. The van der Waals surface area contributed by atoms with Gasteiger partial charge in [-0.25, -0.2) is 4.79 Å². The van der Waals surface area contributed by atoms with Crippen LogP contribution in [-0.4, -0.2) is 182 Å². The van der Waals surface area contributed by atoms with Gasteiger partial charge in [-0.15, -0.1) is 0 Å². The maximum atomic E-state index is 13.3. The molecule has 0 spiro atoms. The molecule has 0 amide bonds. The molecule has 5 rings (SSSR count). The van der Waals surface area contributed by atoms with Crippen molar-refractivity contribution in [2.75, 3.05) is 33.5 Å². The summed E-state index contributed by atoms with van der Waals surface area (Å²) in [5.74, 6) is -1.84. The van der Waals surface area contributed by atoms with Crippen molar-refractivity contribution in [2.24, 2.45) is 0 Å². The Bertz CT molecular complexity index is 1590. The van der Waals surface area contributed by atoms with Crippen molar-refractivity contribution in [2.45, 2.75) is 92.4 Å². The van der Waals surface area contributed by atoms with Crippen LogP contribution in [0.1, 0.15) is 11.1 Å². The molecule has 0 radical (unpaired) electrons. The Kier molecular flexibility index (Phi) is 14.6. The van der Waals surface area contributed by atoms with Crippen LogP contribution in [0, 0.1) is 0 Å². The van der Waals surface area contributed by atoms with Gasteiger partial charge in [-0.2, -0.15) is 0 Å². The summed E-state index contributed by atoms with van der Waals surface area (Å²) in [7, 11) is 1.33. The van der Waals surface area contributed by atoms with Crippen LogP contribution in [0.4, 0.5) is 0 Å². The fourth-order valence-electron chi connectivity index (χ4n) is 6.14. The molecule has 0 aromatic heterocycles. The molecule has 0 saturated carbocycles. The van der Waals surface area contributed by atoms with E-state index in [1.807, 2.05) is 0 Å². The first-order chi connectivity index (χ1) is 26.3. The van der Waals surface area contributed by atoms with Crippen LogP contribution in [0.5, 0.6) is 23.0 Å². The maximum Gasteiger partial charge on any atom is 0.331 e. The van der Waals surface area contributed by atoms with Crippen LogP contribution in [0.25, 0.3) is 6.08 Å². The number of carbonyl (C=O) groups is 1. The number of benzene rings is 2. The number of esters is 1. The zero-order valence-corrected chi connectivity index (χ0v) is 29.3. The van der Waals surface area contributed by atoms with Gasteiger partial charge in [0.05, 0.1) is 33.5 Å². The number of aliphatic hydroxyl groups is 8. The van der Waals surface area contributed by atoms with E-state index in [0.717, 1.165) is 6.08 Å². The van der Waals surface area contributed by atoms with Gasteiger partial charge in [0.2, 0.25) is 0 Å². The Morgan fingerprint density at radius 3 is 2.11 bits per heavy atom. The molecule has 0 aliphatic carbocycles. The van der Waals surface area contributed by atoms with E-state index in [2.05, 4.69) is 0 Å². The zero-order valence-electron chi connectivity index (χ0n) is 29.3. The highest BCUT2D eigenvalue weighted by atomic mass is 16.8. The monoisotopic (exact) mass is 786 g/mol. The molecule has 11 N–H and O–H groups in total. The standard InChI is InChI=1S/C35H46O20/c1-48-21-11-15(3-6-18(21)39)4-7-24(42)53-30-23(13-37)52-35(49-9-8-16-2-5-17(38)19(40)10-16)32(55-33-28(46)25(43)20(41)14-50-33)31(30)54-34-29(47)27(45)26(44)22(12-36)51-34/h2-7,10-11,20,22-23,25-41,43-47H,8-9,12-14H2,1H3/b7-4+/t20-,22-,23-,25-,26-,27+,28+,29-,30-,31+,32-,33-,34+,35-/m1/s1. The Balaban J connectivity index is 1.49. The van der Waals surface area contributed by atoms with Gasteiger partial charge in [-0.3, -0.25) is 0 Å². The summed E-state index contributed by atoms with van der Waals surface area (Å²) in [6.07, 6.45) is -21.6. The van der Waals surface area contributed by atoms with Crippen LogP contribution in [0.2, 0.25) is 0 Å². The minimum absolute atomic E-state index is 0.0984. The molecule has 20 nitrogen and oxygen atoms in total. The predicted molar refractivity (Wildman–Crippen MR) is 180 cm³/mol. The normalized spacial score (nSPS) is 35.4. The first kappa shape index (κ1) is 42.4.